The molecule has 5 heterocycles. The molecule has 2 amide bonds. The van der Waals surface area contributed by atoms with Crippen LogP contribution in [0.25, 0.3) is 0 Å². The number of carbonyl (C=O) groups excluding carboxylic acids is 1. The zero-order valence-corrected chi connectivity index (χ0v) is 18.9. The van der Waals surface area contributed by atoms with E-state index in [1.54, 1.807) is 12.1 Å². The third-order valence-electron chi connectivity index (χ3n) is 5.97. The van der Waals surface area contributed by atoms with Crippen molar-refractivity contribution in [2.45, 2.75) is 44.6 Å². The zero-order chi connectivity index (χ0) is 23.9. The minimum Gasteiger partial charge on any atom is -0.489 e. The third-order valence-corrected chi connectivity index (χ3v) is 5.97. The van der Waals surface area contributed by atoms with Gasteiger partial charge in [0, 0.05) is 13.1 Å². The molecule has 2 bridgehead atoms. The Hall–Kier alpha value is -3.51. The van der Waals surface area contributed by atoms with Crippen molar-refractivity contribution in [3.8, 4) is 5.75 Å². The van der Waals surface area contributed by atoms with Gasteiger partial charge in [0.25, 0.3) is 0 Å². The summed E-state index contributed by atoms with van der Waals surface area (Å²) in [5.41, 5.74) is 0.647. The number of hydrogen-bond acceptors (Lipinski definition) is 9. The fourth-order valence-corrected chi connectivity index (χ4v) is 4.43. The largest absolute Gasteiger partial charge is 0.489 e. The van der Waals surface area contributed by atoms with Gasteiger partial charge < -0.3 is 24.2 Å². The first-order valence-corrected chi connectivity index (χ1v) is 11.2. The number of carboxylic acid groups (broad SMARTS) is 1. The fourth-order valence-electron chi connectivity index (χ4n) is 4.43. The number of aromatic carboxylic acids is 1. The molecule has 0 saturated carbocycles. The first-order valence-electron chi connectivity index (χ1n) is 11.2. The smallest absolute Gasteiger partial charge is 0.374 e. The summed E-state index contributed by atoms with van der Waals surface area (Å²) < 4.78 is 17.0. The first-order chi connectivity index (χ1) is 16.3. The van der Waals surface area contributed by atoms with E-state index in [-0.39, 0.29) is 18.0 Å². The summed E-state index contributed by atoms with van der Waals surface area (Å²) in [6.45, 7) is 5.94. The summed E-state index contributed by atoms with van der Waals surface area (Å²) in [7, 11) is 0. The summed E-state index contributed by atoms with van der Waals surface area (Å²) in [6.07, 6.45) is 4.53. The molecular weight excluding hydrogens is 444 g/mol. The Balaban J connectivity index is 1.28. The molecule has 180 valence electrons. The minimum atomic E-state index is -1.25. The van der Waals surface area contributed by atoms with Crippen LogP contribution in [0.3, 0.4) is 0 Å². The third kappa shape index (κ3) is 4.46. The second-order valence-corrected chi connectivity index (χ2v) is 8.89. The number of hydrogen-bond donors (Lipinski definition) is 2. The van der Waals surface area contributed by atoms with Crippen molar-refractivity contribution in [3.63, 3.8) is 0 Å². The Labute approximate surface area is 195 Å². The maximum absolute atomic E-state index is 13.2. The lowest BCUT2D eigenvalue weighted by Crippen LogP contribution is -2.56. The molecule has 0 radical (unpaired) electrons. The van der Waals surface area contributed by atoms with E-state index in [0.29, 0.717) is 42.8 Å². The SMILES string of the molecule is CC1(C)OC[C@@H](COc2ccc(NC(=O)N3c4nc(C(=O)O)ncc4N4CCCC3C4)nc2)O1. The van der Waals surface area contributed by atoms with Crippen molar-refractivity contribution in [1.82, 2.24) is 15.0 Å². The topological polar surface area (TPSA) is 139 Å². The average molecular weight is 470 g/mol. The van der Waals surface area contributed by atoms with Crippen LogP contribution in [0.4, 0.5) is 22.1 Å². The van der Waals surface area contributed by atoms with E-state index < -0.39 is 17.8 Å². The number of rotatable bonds is 5. The maximum Gasteiger partial charge on any atom is 0.374 e. The number of nitrogens with zero attached hydrogens (tertiary/aromatic N) is 5. The molecule has 2 fully saturated rings. The number of anilines is 3. The highest BCUT2D eigenvalue weighted by molar-refractivity contribution is 6.04. The fraction of sp³-hybridized carbons (Fsp3) is 0.500. The molecule has 2 saturated heterocycles. The van der Waals surface area contributed by atoms with Crippen LogP contribution in [-0.2, 0) is 9.47 Å². The van der Waals surface area contributed by atoms with E-state index in [1.807, 2.05) is 13.8 Å². The van der Waals surface area contributed by atoms with Crippen LogP contribution in [0.1, 0.15) is 37.3 Å². The number of ether oxygens (including phenoxy) is 3. The highest BCUT2D eigenvalue weighted by atomic mass is 16.7. The Kier molecular flexibility index (Phi) is 5.70. The Morgan fingerprint density at radius 2 is 2.15 bits per heavy atom. The van der Waals surface area contributed by atoms with Crippen LogP contribution in [0, 0.1) is 0 Å². The van der Waals surface area contributed by atoms with E-state index >= 15 is 0 Å². The number of piperidine rings is 1. The highest BCUT2D eigenvalue weighted by Crippen LogP contribution is 2.37. The van der Waals surface area contributed by atoms with Crippen molar-refractivity contribution in [1.29, 1.82) is 0 Å². The quantitative estimate of drug-likeness (QED) is 0.668. The van der Waals surface area contributed by atoms with Gasteiger partial charge in [-0.1, -0.05) is 0 Å². The summed E-state index contributed by atoms with van der Waals surface area (Å²) in [5.74, 6) is -1.04. The van der Waals surface area contributed by atoms with Crippen molar-refractivity contribution in [2.24, 2.45) is 0 Å². The van der Waals surface area contributed by atoms with Crippen LogP contribution in [0.5, 0.6) is 5.75 Å². The monoisotopic (exact) mass is 470 g/mol. The number of carboxylic acids is 1. The number of pyridine rings is 1. The average Bonchev–Trinajstić information content (AvgIpc) is 3.17. The summed E-state index contributed by atoms with van der Waals surface area (Å²) >= 11 is 0. The number of aromatic nitrogens is 3. The van der Waals surface area contributed by atoms with Crippen molar-refractivity contribution < 1.29 is 28.9 Å². The predicted octanol–water partition coefficient (Wildman–Crippen LogP) is 2.12. The number of fused-ring (bicyclic) bond motifs is 4. The highest BCUT2D eigenvalue weighted by Gasteiger charge is 2.39. The normalized spacial score (nSPS) is 22.8. The molecule has 1 unspecified atom stereocenters. The zero-order valence-electron chi connectivity index (χ0n) is 18.9. The van der Waals surface area contributed by atoms with Gasteiger partial charge in [-0.05, 0) is 38.8 Å². The van der Waals surface area contributed by atoms with Gasteiger partial charge in [-0.25, -0.2) is 24.5 Å². The first kappa shape index (κ1) is 22.3. The number of nitrogens with one attached hydrogen (secondary N) is 1. The van der Waals surface area contributed by atoms with Crippen molar-refractivity contribution >= 4 is 29.3 Å². The molecule has 2 aromatic rings. The van der Waals surface area contributed by atoms with E-state index in [0.717, 1.165) is 19.4 Å². The van der Waals surface area contributed by atoms with Gasteiger partial charge >= 0.3 is 12.0 Å². The summed E-state index contributed by atoms with van der Waals surface area (Å²) in [4.78, 5) is 40.6. The van der Waals surface area contributed by atoms with Gasteiger partial charge in [0.1, 0.15) is 24.3 Å². The Bertz CT molecular complexity index is 1090. The lowest BCUT2D eigenvalue weighted by Gasteiger charge is -2.45. The van der Waals surface area contributed by atoms with Crippen molar-refractivity contribution in [3.05, 3.63) is 30.4 Å². The summed E-state index contributed by atoms with van der Waals surface area (Å²) in [6, 6.07) is 2.80. The van der Waals surface area contributed by atoms with Gasteiger partial charge in [0.05, 0.1) is 30.7 Å². The van der Waals surface area contributed by atoms with Gasteiger partial charge in [-0.2, -0.15) is 0 Å². The van der Waals surface area contributed by atoms with E-state index in [1.165, 1.54) is 17.3 Å². The lowest BCUT2D eigenvalue weighted by atomic mass is 10.0. The molecule has 12 heteroatoms. The molecule has 12 nitrogen and oxygen atoms in total. The molecule has 3 aliphatic rings. The van der Waals surface area contributed by atoms with E-state index in [4.69, 9.17) is 14.2 Å². The van der Waals surface area contributed by atoms with E-state index in [2.05, 4.69) is 25.2 Å². The van der Waals surface area contributed by atoms with Crippen LogP contribution in [0.2, 0.25) is 0 Å². The van der Waals surface area contributed by atoms with E-state index in [9.17, 15) is 14.7 Å². The van der Waals surface area contributed by atoms with Crippen LogP contribution in [0.15, 0.2) is 24.5 Å². The van der Waals surface area contributed by atoms with Crippen LogP contribution in [-0.4, -0.2) is 76.3 Å². The standard InChI is InChI=1S/C22H26N6O6/c1-22(2)33-12-15(34-22)11-32-14-5-6-17(23-8-14)25-21(31)28-13-4-3-7-27(10-13)16-9-24-18(20(29)30)26-19(16)28/h5-6,8-9,13,15H,3-4,7,10-12H2,1-2H3,(H,29,30)(H,23,25,31)/t13?,15-/m1/s1. The molecule has 2 aromatic heterocycles. The Morgan fingerprint density at radius 3 is 2.85 bits per heavy atom. The molecule has 2 atom stereocenters. The molecule has 0 aliphatic carbocycles. The second kappa shape index (κ2) is 8.69. The van der Waals surface area contributed by atoms with Crippen molar-refractivity contribution in [2.75, 3.05) is 41.4 Å². The molecule has 34 heavy (non-hydrogen) atoms. The number of urea groups is 1. The van der Waals surface area contributed by atoms with Crippen LogP contribution < -0.4 is 19.9 Å². The minimum absolute atomic E-state index is 0.127. The van der Waals surface area contributed by atoms with Gasteiger partial charge in [0.15, 0.2) is 11.6 Å². The molecule has 0 aromatic carbocycles. The maximum atomic E-state index is 13.2. The second-order valence-electron chi connectivity index (χ2n) is 8.89. The van der Waals surface area contributed by atoms with Gasteiger partial charge in [0.2, 0.25) is 5.82 Å². The molecule has 0 spiro atoms. The molecular formula is C22H26N6O6. The number of amides is 2. The predicted molar refractivity (Wildman–Crippen MR) is 120 cm³/mol. The summed E-state index contributed by atoms with van der Waals surface area (Å²) in [5, 5.41) is 12.1. The molecule has 5 rings (SSSR count). The molecule has 3 aliphatic heterocycles. The van der Waals surface area contributed by atoms with Gasteiger partial charge in [-0.3, -0.25) is 10.2 Å². The van der Waals surface area contributed by atoms with Crippen LogP contribution >= 0.6 is 0 Å². The Morgan fingerprint density at radius 1 is 1.29 bits per heavy atom. The van der Waals surface area contributed by atoms with Gasteiger partial charge in [-0.15, -0.1) is 0 Å². The number of carbonyl (C=O) groups is 2. The molecule has 2 N–H and O–H groups in total. The lowest BCUT2D eigenvalue weighted by molar-refractivity contribution is -0.141.